The van der Waals surface area contributed by atoms with Crippen molar-refractivity contribution in [3.8, 4) is 0 Å². The van der Waals surface area contributed by atoms with E-state index in [1.54, 1.807) is 16.8 Å². The van der Waals surface area contributed by atoms with Crippen LogP contribution in [0.3, 0.4) is 0 Å². The topological polar surface area (TPSA) is 59.8 Å². The van der Waals surface area contributed by atoms with Crippen LogP contribution in [0.4, 0.5) is 5.82 Å². The fourth-order valence-corrected chi connectivity index (χ4v) is 2.10. The molecule has 5 heteroatoms. The average molecular weight is 272 g/mol. The molecule has 106 valence electrons. The predicted molar refractivity (Wildman–Crippen MR) is 80.1 cm³/mol. The minimum atomic E-state index is -0.0275. The van der Waals surface area contributed by atoms with Gasteiger partial charge in [-0.1, -0.05) is 13.0 Å². The molecule has 20 heavy (non-hydrogen) atoms. The normalized spacial score (nSPS) is 10.6. The average Bonchev–Trinajstić information content (AvgIpc) is 2.41. The van der Waals surface area contributed by atoms with Crippen LogP contribution in [0.1, 0.15) is 30.4 Å². The van der Waals surface area contributed by atoms with Gasteiger partial charge in [-0.2, -0.15) is 0 Å². The van der Waals surface area contributed by atoms with Crippen LogP contribution in [0.15, 0.2) is 29.2 Å². The van der Waals surface area contributed by atoms with E-state index in [1.807, 2.05) is 26.0 Å². The van der Waals surface area contributed by atoms with Crippen LogP contribution in [0.5, 0.6) is 0 Å². The summed E-state index contributed by atoms with van der Waals surface area (Å²) in [5.41, 5.74) is 1.72. The summed E-state index contributed by atoms with van der Waals surface area (Å²) in [6.45, 7) is 7.14. The first-order valence-electron chi connectivity index (χ1n) is 6.84. The Hall–Kier alpha value is -2.17. The predicted octanol–water partition coefficient (Wildman–Crippen LogP) is 2.13. The second-order valence-corrected chi connectivity index (χ2v) is 4.81. The van der Waals surface area contributed by atoms with Gasteiger partial charge in [-0.25, -0.2) is 9.97 Å². The van der Waals surface area contributed by atoms with Crippen LogP contribution in [-0.2, 0) is 6.54 Å². The molecule has 2 rings (SSSR count). The van der Waals surface area contributed by atoms with Gasteiger partial charge in [-0.3, -0.25) is 9.36 Å². The van der Waals surface area contributed by atoms with Gasteiger partial charge in [0.25, 0.3) is 5.56 Å². The van der Waals surface area contributed by atoms with Crippen LogP contribution in [-0.4, -0.2) is 21.1 Å². The molecule has 0 unspecified atom stereocenters. The second kappa shape index (κ2) is 6.32. The molecule has 0 bridgehead atoms. The molecule has 0 aliphatic heterocycles. The van der Waals surface area contributed by atoms with Crippen LogP contribution < -0.4 is 10.9 Å². The Kier molecular flexibility index (Phi) is 4.50. The molecule has 0 spiro atoms. The van der Waals surface area contributed by atoms with Gasteiger partial charge in [0.15, 0.2) is 0 Å². The Morgan fingerprint density at radius 2 is 2.15 bits per heavy atom. The molecule has 0 amide bonds. The van der Waals surface area contributed by atoms with Gasteiger partial charge in [0.1, 0.15) is 11.6 Å². The SMILES string of the molecule is CCCNc1ncccc1Cn1c(C)nc(C)cc1=O. The van der Waals surface area contributed by atoms with Crippen molar-refractivity contribution in [2.24, 2.45) is 0 Å². The highest BCUT2D eigenvalue weighted by Gasteiger charge is 2.08. The molecule has 2 heterocycles. The lowest BCUT2D eigenvalue weighted by molar-refractivity contribution is 0.693. The number of nitrogens with one attached hydrogen (secondary N) is 1. The Labute approximate surface area is 118 Å². The van der Waals surface area contributed by atoms with Crippen molar-refractivity contribution in [3.05, 3.63) is 51.8 Å². The Balaban J connectivity index is 2.33. The summed E-state index contributed by atoms with van der Waals surface area (Å²) in [5.74, 6) is 1.56. The van der Waals surface area contributed by atoms with Crippen molar-refractivity contribution < 1.29 is 0 Å². The Morgan fingerprint density at radius 3 is 2.85 bits per heavy atom. The highest BCUT2D eigenvalue weighted by atomic mass is 16.1. The second-order valence-electron chi connectivity index (χ2n) is 4.81. The van der Waals surface area contributed by atoms with E-state index in [0.717, 1.165) is 35.9 Å². The third-order valence-corrected chi connectivity index (χ3v) is 3.09. The molecule has 0 saturated carbocycles. The number of pyridine rings is 1. The number of anilines is 1. The maximum atomic E-state index is 12.1. The fourth-order valence-electron chi connectivity index (χ4n) is 2.10. The van der Waals surface area contributed by atoms with Crippen molar-refractivity contribution in [1.29, 1.82) is 0 Å². The molecule has 1 N–H and O–H groups in total. The summed E-state index contributed by atoms with van der Waals surface area (Å²) in [7, 11) is 0. The third kappa shape index (κ3) is 3.23. The van der Waals surface area contributed by atoms with Gasteiger partial charge in [-0.05, 0) is 26.3 Å². The van der Waals surface area contributed by atoms with Crippen LogP contribution >= 0.6 is 0 Å². The van der Waals surface area contributed by atoms with E-state index >= 15 is 0 Å². The fraction of sp³-hybridized carbons (Fsp3) is 0.400. The molecular formula is C15H20N4O. The van der Waals surface area contributed by atoms with Gasteiger partial charge in [0, 0.05) is 30.1 Å². The van der Waals surface area contributed by atoms with Gasteiger partial charge in [-0.15, -0.1) is 0 Å². The highest BCUT2D eigenvalue weighted by molar-refractivity contribution is 5.43. The minimum Gasteiger partial charge on any atom is -0.370 e. The van der Waals surface area contributed by atoms with Crippen molar-refractivity contribution in [2.75, 3.05) is 11.9 Å². The molecule has 0 fully saturated rings. The number of aryl methyl sites for hydroxylation is 2. The van der Waals surface area contributed by atoms with Crippen molar-refractivity contribution in [2.45, 2.75) is 33.7 Å². The third-order valence-electron chi connectivity index (χ3n) is 3.09. The quantitative estimate of drug-likeness (QED) is 0.905. The van der Waals surface area contributed by atoms with E-state index in [-0.39, 0.29) is 5.56 Å². The number of nitrogens with zero attached hydrogens (tertiary/aromatic N) is 3. The van der Waals surface area contributed by atoms with Crippen LogP contribution in [0.25, 0.3) is 0 Å². The number of rotatable bonds is 5. The lowest BCUT2D eigenvalue weighted by atomic mass is 10.2. The lowest BCUT2D eigenvalue weighted by Crippen LogP contribution is -2.24. The van der Waals surface area contributed by atoms with E-state index in [1.165, 1.54) is 0 Å². The summed E-state index contributed by atoms with van der Waals surface area (Å²) in [6, 6.07) is 5.42. The summed E-state index contributed by atoms with van der Waals surface area (Å²) >= 11 is 0. The zero-order chi connectivity index (χ0) is 14.5. The molecule has 2 aromatic rings. The molecule has 0 saturated heterocycles. The summed E-state index contributed by atoms with van der Waals surface area (Å²) in [6.07, 6.45) is 2.78. The number of aromatic nitrogens is 3. The van der Waals surface area contributed by atoms with Gasteiger partial charge >= 0.3 is 0 Å². The van der Waals surface area contributed by atoms with E-state index in [0.29, 0.717) is 6.54 Å². The molecule has 0 aliphatic rings. The molecule has 0 atom stereocenters. The van der Waals surface area contributed by atoms with Gasteiger partial charge in [0.05, 0.1) is 6.54 Å². The van der Waals surface area contributed by atoms with Crippen molar-refractivity contribution in [1.82, 2.24) is 14.5 Å². The van der Waals surface area contributed by atoms with Crippen LogP contribution in [0, 0.1) is 13.8 Å². The molecule has 0 radical (unpaired) electrons. The van der Waals surface area contributed by atoms with Gasteiger partial charge in [0.2, 0.25) is 0 Å². The van der Waals surface area contributed by atoms with Gasteiger partial charge < -0.3 is 5.32 Å². The zero-order valence-corrected chi connectivity index (χ0v) is 12.2. The first kappa shape index (κ1) is 14.2. The van der Waals surface area contributed by atoms with Crippen molar-refractivity contribution >= 4 is 5.82 Å². The van der Waals surface area contributed by atoms with E-state index < -0.39 is 0 Å². The van der Waals surface area contributed by atoms with Crippen molar-refractivity contribution in [3.63, 3.8) is 0 Å². The maximum absolute atomic E-state index is 12.1. The Bertz CT molecular complexity index is 649. The Morgan fingerprint density at radius 1 is 1.35 bits per heavy atom. The van der Waals surface area contributed by atoms with E-state index in [9.17, 15) is 4.79 Å². The molecule has 2 aromatic heterocycles. The molecule has 5 nitrogen and oxygen atoms in total. The molecule has 0 aliphatic carbocycles. The first-order valence-corrected chi connectivity index (χ1v) is 6.84. The van der Waals surface area contributed by atoms with Crippen LogP contribution in [0.2, 0.25) is 0 Å². The summed E-state index contributed by atoms with van der Waals surface area (Å²) in [4.78, 5) is 20.8. The highest BCUT2D eigenvalue weighted by Crippen LogP contribution is 2.13. The standard InChI is InChI=1S/C15H20N4O/c1-4-7-16-15-13(6-5-8-17-15)10-19-12(3)18-11(2)9-14(19)20/h5-6,8-9H,4,7,10H2,1-3H3,(H,16,17). The molecular weight excluding hydrogens is 252 g/mol. The summed E-state index contributed by atoms with van der Waals surface area (Å²) in [5, 5.41) is 3.29. The largest absolute Gasteiger partial charge is 0.370 e. The first-order chi connectivity index (χ1) is 9.61. The number of hydrogen-bond acceptors (Lipinski definition) is 4. The number of hydrogen-bond donors (Lipinski definition) is 1. The zero-order valence-electron chi connectivity index (χ0n) is 12.2. The minimum absolute atomic E-state index is 0.0275. The molecule has 0 aromatic carbocycles. The van der Waals surface area contributed by atoms with E-state index in [4.69, 9.17) is 0 Å². The van der Waals surface area contributed by atoms with E-state index in [2.05, 4.69) is 22.2 Å². The summed E-state index contributed by atoms with van der Waals surface area (Å²) < 4.78 is 1.67. The monoisotopic (exact) mass is 272 g/mol. The maximum Gasteiger partial charge on any atom is 0.254 e. The lowest BCUT2D eigenvalue weighted by Gasteiger charge is -2.13. The smallest absolute Gasteiger partial charge is 0.254 e.